The highest BCUT2D eigenvalue weighted by molar-refractivity contribution is 9.08. The number of sulfonamides is 1. The van der Waals surface area contributed by atoms with E-state index in [2.05, 4.69) is 20.7 Å². The number of hydrogen-bond acceptors (Lipinski definition) is 3. The van der Waals surface area contributed by atoms with Gasteiger partial charge < -0.3 is 4.90 Å². The lowest BCUT2D eigenvalue weighted by atomic mass is 10.2. The quantitative estimate of drug-likeness (QED) is 0.800. The maximum atomic E-state index is 12.3. The van der Waals surface area contributed by atoms with Crippen LogP contribution in [0.3, 0.4) is 0 Å². The molecule has 21 heavy (non-hydrogen) atoms. The summed E-state index contributed by atoms with van der Waals surface area (Å²) in [6, 6.07) is 5.84. The first kappa shape index (κ1) is 16.5. The Morgan fingerprint density at radius 3 is 2.38 bits per heavy atom. The monoisotopic (exact) mass is 374 g/mol. The van der Waals surface area contributed by atoms with Crippen LogP contribution in [0.5, 0.6) is 0 Å². The number of carbonyl (C=O) groups is 1. The highest BCUT2D eigenvalue weighted by Gasteiger charge is 2.27. The van der Waals surface area contributed by atoms with E-state index in [1.165, 1.54) is 0 Å². The third-order valence-corrected chi connectivity index (χ3v) is 5.71. The van der Waals surface area contributed by atoms with Crippen LogP contribution in [0.25, 0.3) is 0 Å². The maximum absolute atomic E-state index is 12.3. The van der Waals surface area contributed by atoms with Gasteiger partial charge in [0.1, 0.15) is 0 Å². The summed E-state index contributed by atoms with van der Waals surface area (Å²) in [6.45, 7) is 3.01. The molecule has 0 spiro atoms. The minimum absolute atomic E-state index is 0.159. The average molecular weight is 375 g/mol. The first-order chi connectivity index (χ1) is 9.94. The van der Waals surface area contributed by atoms with Crippen molar-refractivity contribution >= 4 is 31.9 Å². The van der Waals surface area contributed by atoms with E-state index in [0.717, 1.165) is 18.4 Å². The Morgan fingerprint density at radius 2 is 1.86 bits per heavy atom. The number of hydrogen-bond donors (Lipinski definition) is 1. The fraction of sp³-hybridized carbons (Fsp3) is 0.500. The summed E-state index contributed by atoms with van der Waals surface area (Å²) in [5, 5.41) is 0.671. The van der Waals surface area contributed by atoms with Crippen LogP contribution in [0.4, 0.5) is 0 Å². The molecule has 1 atom stereocenters. The van der Waals surface area contributed by atoms with Gasteiger partial charge in [0.25, 0.3) is 0 Å². The summed E-state index contributed by atoms with van der Waals surface area (Å²) < 4.78 is 27.0. The Morgan fingerprint density at radius 1 is 1.29 bits per heavy atom. The number of likely N-dealkylation sites (tertiary alicyclic amines) is 1. The van der Waals surface area contributed by atoms with Crippen molar-refractivity contribution in [1.82, 2.24) is 9.62 Å². The van der Waals surface area contributed by atoms with Gasteiger partial charge in [-0.25, -0.2) is 8.42 Å². The molecule has 1 aliphatic heterocycles. The number of nitrogens with one attached hydrogen (secondary N) is 1. The van der Waals surface area contributed by atoms with Crippen molar-refractivity contribution in [2.24, 2.45) is 0 Å². The van der Waals surface area contributed by atoms with Gasteiger partial charge >= 0.3 is 0 Å². The molecule has 0 radical (unpaired) electrons. The second-order valence-electron chi connectivity index (χ2n) is 5.15. The van der Waals surface area contributed by atoms with Crippen molar-refractivity contribution in [3.63, 3.8) is 0 Å². The van der Waals surface area contributed by atoms with Crippen LogP contribution in [0.15, 0.2) is 29.2 Å². The van der Waals surface area contributed by atoms with Crippen molar-refractivity contribution in [3.8, 4) is 0 Å². The van der Waals surface area contributed by atoms with Gasteiger partial charge in [0.2, 0.25) is 15.9 Å². The van der Waals surface area contributed by atoms with Gasteiger partial charge in [0, 0.05) is 18.4 Å². The van der Waals surface area contributed by atoms with Gasteiger partial charge in [-0.2, -0.15) is 4.72 Å². The van der Waals surface area contributed by atoms with E-state index in [0.29, 0.717) is 18.4 Å². The molecule has 5 nitrogen and oxygen atoms in total. The maximum Gasteiger partial charge on any atom is 0.241 e. The first-order valence-electron chi connectivity index (χ1n) is 6.90. The van der Waals surface area contributed by atoms with Crippen molar-refractivity contribution in [2.45, 2.75) is 36.0 Å². The highest BCUT2D eigenvalue weighted by atomic mass is 79.9. The fourth-order valence-corrected chi connectivity index (χ4v) is 3.89. The molecule has 1 aromatic carbocycles. The Bertz CT molecular complexity index is 595. The van der Waals surface area contributed by atoms with Crippen molar-refractivity contribution in [3.05, 3.63) is 29.8 Å². The molecule has 1 aliphatic rings. The molecule has 1 aromatic rings. The van der Waals surface area contributed by atoms with Crippen LogP contribution in [0, 0.1) is 0 Å². The van der Waals surface area contributed by atoms with E-state index in [9.17, 15) is 13.2 Å². The summed E-state index contributed by atoms with van der Waals surface area (Å²) in [7, 11) is -3.67. The molecule has 1 saturated heterocycles. The molecular weight excluding hydrogens is 356 g/mol. The molecule has 116 valence electrons. The summed E-state index contributed by atoms with van der Waals surface area (Å²) in [5.41, 5.74) is 0.996. The molecule has 1 fully saturated rings. The van der Waals surface area contributed by atoms with Crippen LogP contribution in [-0.4, -0.2) is 38.4 Å². The molecule has 0 aliphatic carbocycles. The highest BCUT2D eigenvalue weighted by Crippen LogP contribution is 2.14. The molecule has 0 bridgehead atoms. The lowest BCUT2D eigenvalue weighted by molar-refractivity contribution is -0.131. The molecule has 2 rings (SSSR count). The minimum Gasteiger partial charge on any atom is -0.341 e. The van der Waals surface area contributed by atoms with Crippen molar-refractivity contribution < 1.29 is 13.2 Å². The van der Waals surface area contributed by atoms with Crippen LogP contribution in [-0.2, 0) is 20.1 Å². The number of alkyl halides is 1. The number of halogens is 1. The summed E-state index contributed by atoms with van der Waals surface area (Å²) in [4.78, 5) is 14.0. The average Bonchev–Trinajstić information content (AvgIpc) is 3.00. The van der Waals surface area contributed by atoms with Crippen molar-refractivity contribution in [2.75, 3.05) is 13.1 Å². The SMILES string of the molecule is CC(NS(=O)(=O)c1ccc(CBr)cc1)C(=O)N1CCCC1. The topological polar surface area (TPSA) is 66.5 Å². The van der Waals surface area contributed by atoms with E-state index in [-0.39, 0.29) is 10.8 Å². The van der Waals surface area contributed by atoms with E-state index in [4.69, 9.17) is 0 Å². The number of amides is 1. The zero-order valence-electron chi connectivity index (χ0n) is 11.9. The summed E-state index contributed by atoms with van der Waals surface area (Å²) in [6.07, 6.45) is 1.97. The Hall–Kier alpha value is -0.920. The van der Waals surface area contributed by atoms with Crippen molar-refractivity contribution in [1.29, 1.82) is 0 Å². The zero-order chi connectivity index (χ0) is 15.5. The second kappa shape index (κ2) is 6.89. The molecule has 0 aromatic heterocycles. The molecule has 1 amide bonds. The predicted octanol–water partition coefficient (Wildman–Crippen LogP) is 1.87. The molecule has 1 heterocycles. The van der Waals surface area contributed by atoms with Gasteiger partial charge in [-0.05, 0) is 37.5 Å². The number of rotatable bonds is 5. The summed E-state index contributed by atoms with van der Waals surface area (Å²) >= 11 is 3.31. The lowest BCUT2D eigenvalue weighted by Crippen LogP contribution is -2.45. The molecular formula is C14H19BrN2O3S. The van der Waals surface area contributed by atoms with E-state index < -0.39 is 16.1 Å². The van der Waals surface area contributed by atoms with E-state index >= 15 is 0 Å². The predicted molar refractivity (Wildman–Crippen MR) is 84.7 cm³/mol. The Kier molecular flexibility index (Phi) is 5.40. The standard InChI is InChI=1S/C14H19BrN2O3S/c1-11(14(18)17-8-2-3-9-17)16-21(19,20)13-6-4-12(10-15)5-7-13/h4-7,11,16H,2-3,8-10H2,1H3. The van der Waals surface area contributed by atoms with Crippen LogP contribution >= 0.6 is 15.9 Å². The first-order valence-corrected chi connectivity index (χ1v) is 9.50. The normalized spacial score (nSPS) is 17.0. The number of benzene rings is 1. The van der Waals surface area contributed by atoms with Gasteiger partial charge in [0.15, 0.2) is 0 Å². The smallest absolute Gasteiger partial charge is 0.241 e. The van der Waals surface area contributed by atoms with E-state index in [1.807, 2.05) is 0 Å². The second-order valence-corrected chi connectivity index (χ2v) is 7.43. The van der Waals surface area contributed by atoms with E-state index in [1.54, 1.807) is 36.1 Å². The fourth-order valence-electron chi connectivity index (χ4n) is 2.32. The summed E-state index contributed by atoms with van der Waals surface area (Å²) in [5.74, 6) is -0.159. The molecule has 0 saturated carbocycles. The minimum atomic E-state index is -3.67. The number of carbonyl (C=O) groups excluding carboxylic acids is 1. The zero-order valence-corrected chi connectivity index (χ0v) is 14.3. The molecule has 1 unspecified atom stereocenters. The van der Waals surface area contributed by atoms with Crippen LogP contribution in [0.1, 0.15) is 25.3 Å². The van der Waals surface area contributed by atoms with Crippen LogP contribution in [0.2, 0.25) is 0 Å². The Balaban J connectivity index is 2.06. The van der Waals surface area contributed by atoms with Crippen LogP contribution < -0.4 is 4.72 Å². The third-order valence-electron chi connectivity index (χ3n) is 3.51. The van der Waals surface area contributed by atoms with Gasteiger partial charge in [-0.15, -0.1) is 0 Å². The van der Waals surface area contributed by atoms with Gasteiger partial charge in [-0.1, -0.05) is 28.1 Å². The Labute approximate surface area is 133 Å². The molecule has 1 N–H and O–H groups in total. The third kappa shape index (κ3) is 4.05. The van der Waals surface area contributed by atoms with Gasteiger partial charge in [0.05, 0.1) is 10.9 Å². The molecule has 7 heteroatoms. The largest absolute Gasteiger partial charge is 0.341 e. The lowest BCUT2D eigenvalue weighted by Gasteiger charge is -2.21. The number of nitrogens with zero attached hydrogens (tertiary/aromatic N) is 1. The van der Waals surface area contributed by atoms with Gasteiger partial charge in [-0.3, -0.25) is 4.79 Å².